The minimum absolute atomic E-state index is 0.0749. The summed E-state index contributed by atoms with van der Waals surface area (Å²) in [6.07, 6.45) is 7.00. The van der Waals surface area contributed by atoms with Gasteiger partial charge in [0.15, 0.2) is 0 Å². The van der Waals surface area contributed by atoms with Gasteiger partial charge in [0, 0.05) is 30.1 Å². The Labute approximate surface area is 142 Å². The van der Waals surface area contributed by atoms with Crippen LogP contribution in [0.15, 0.2) is 18.2 Å². The first-order valence-electron chi connectivity index (χ1n) is 8.78. The second-order valence-electron chi connectivity index (χ2n) is 7.24. The van der Waals surface area contributed by atoms with Crippen LogP contribution in [0.2, 0.25) is 0 Å². The minimum Gasteiger partial charge on any atom is -0.489 e. The van der Waals surface area contributed by atoms with E-state index in [4.69, 9.17) is 4.74 Å². The van der Waals surface area contributed by atoms with Gasteiger partial charge >= 0.3 is 0 Å². The summed E-state index contributed by atoms with van der Waals surface area (Å²) in [4.78, 5) is 13.1. The van der Waals surface area contributed by atoms with Crippen LogP contribution < -0.4 is 4.74 Å². The summed E-state index contributed by atoms with van der Waals surface area (Å²) >= 11 is 0. The molecule has 4 rings (SSSR count). The van der Waals surface area contributed by atoms with Gasteiger partial charge in [0.1, 0.15) is 11.9 Å². The number of benzene rings is 1. The van der Waals surface area contributed by atoms with Crippen molar-refractivity contribution in [1.29, 1.82) is 0 Å². The van der Waals surface area contributed by atoms with Gasteiger partial charge < -0.3 is 9.64 Å². The normalized spacial score (nSPS) is 29.0. The van der Waals surface area contributed by atoms with E-state index in [1.165, 1.54) is 18.9 Å². The van der Waals surface area contributed by atoms with Crippen LogP contribution in [-0.2, 0) is 0 Å². The molecule has 2 aliphatic heterocycles. The molecule has 2 atom stereocenters. The molecule has 126 valence electrons. The predicted octanol–water partition coefficient (Wildman–Crippen LogP) is 3.36. The highest BCUT2D eigenvalue weighted by molar-refractivity contribution is 5.52. The van der Waals surface area contributed by atoms with Crippen LogP contribution in [-0.4, -0.2) is 35.1 Å². The summed E-state index contributed by atoms with van der Waals surface area (Å²) in [6.45, 7) is 0. The van der Waals surface area contributed by atoms with Gasteiger partial charge in [-0.25, -0.2) is 0 Å². The molecule has 1 aromatic carbocycles. The molecule has 5 nitrogen and oxygen atoms in total. The van der Waals surface area contributed by atoms with Crippen LogP contribution >= 0.6 is 0 Å². The standard InChI is InChI=1S/C19H22N2O3/c1-20-15-6-7-16(20)12-18(11-15)24-19-9-8-17(21(22)23)10-14(19)5-4-13-2-3-13/h8-10,13,15-16,18H,2-3,6-7,11-12H2,1H3. The van der Waals surface area contributed by atoms with Crippen molar-refractivity contribution >= 4 is 5.69 Å². The van der Waals surface area contributed by atoms with Gasteiger partial charge in [0.05, 0.1) is 10.5 Å². The topological polar surface area (TPSA) is 55.6 Å². The van der Waals surface area contributed by atoms with Crippen molar-refractivity contribution < 1.29 is 9.66 Å². The number of non-ortho nitro benzene ring substituents is 1. The Kier molecular flexibility index (Phi) is 3.93. The lowest BCUT2D eigenvalue weighted by Gasteiger charge is -2.36. The van der Waals surface area contributed by atoms with Crippen LogP contribution in [0.1, 0.15) is 44.1 Å². The first-order chi connectivity index (χ1) is 11.6. The molecule has 1 saturated carbocycles. The van der Waals surface area contributed by atoms with E-state index in [2.05, 4.69) is 23.8 Å². The van der Waals surface area contributed by atoms with Crippen LogP contribution in [0.25, 0.3) is 0 Å². The number of rotatable bonds is 3. The maximum absolute atomic E-state index is 11.0. The number of nitrogens with zero attached hydrogens (tertiary/aromatic N) is 2. The molecule has 2 bridgehead atoms. The maximum atomic E-state index is 11.0. The predicted molar refractivity (Wildman–Crippen MR) is 90.9 cm³/mol. The average Bonchev–Trinajstić information content (AvgIpc) is 3.35. The Morgan fingerprint density at radius 1 is 1.21 bits per heavy atom. The second kappa shape index (κ2) is 6.10. The lowest BCUT2D eigenvalue weighted by Crippen LogP contribution is -2.43. The number of piperidine rings is 1. The zero-order chi connectivity index (χ0) is 16.7. The molecular weight excluding hydrogens is 304 g/mol. The van der Waals surface area contributed by atoms with Gasteiger partial charge in [-0.3, -0.25) is 10.1 Å². The molecule has 2 unspecified atom stereocenters. The third kappa shape index (κ3) is 3.11. The van der Waals surface area contributed by atoms with Crippen molar-refractivity contribution in [2.75, 3.05) is 7.05 Å². The molecule has 24 heavy (non-hydrogen) atoms. The third-order valence-corrected chi connectivity index (χ3v) is 5.51. The molecule has 1 aliphatic carbocycles. The van der Waals surface area contributed by atoms with Gasteiger partial charge in [-0.05, 0) is 51.6 Å². The van der Waals surface area contributed by atoms with Gasteiger partial charge in [-0.2, -0.15) is 0 Å². The molecule has 0 aromatic heterocycles. The largest absolute Gasteiger partial charge is 0.489 e. The number of fused-ring (bicyclic) bond motifs is 2. The van der Waals surface area contributed by atoms with E-state index in [9.17, 15) is 10.1 Å². The van der Waals surface area contributed by atoms with E-state index in [0.29, 0.717) is 29.3 Å². The van der Waals surface area contributed by atoms with E-state index < -0.39 is 0 Å². The lowest BCUT2D eigenvalue weighted by atomic mass is 10.0. The Balaban J connectivity index is 1.55. The van der Waals surface area contributed by atoms with Crippen molar-refractivity contribution in [1.82, 2.24) is 4.90 Å². The quantitative estimate of drug-likeness (QED) is 0.485. The van der Waals surface area contributed by atoms with Crippen LogP contribution in [0, 0.1) is 27.9 Å². The molecule has 2 saturated heterocycles. The van der Waals surface area contributed by atoms with E-state index in [1.54, 1.807) is 12.1 Å². The van der Waals surface area contributed by atoms with Crippen molar-refractivity contribution in [3.8, 4) is 17.6 Å². The first-order valence-corrected chi connectivity index (χ1v) is 8.78. The number of nitro groups is 1. The van der Waals surface area contributed by atoms with Crippen LogP contribution in [0.4, 0.5) is 5.69 Å². The van der Waals surface area contributed by atoms with E-state index >= 15 is 0 Å². The number of hydrogen-bond acceptors (Lipinski definition) is 4. The molecule has 0 N–H and O–H groups in total. The Hall–Kier alpha value is -2.06. The highest BCUT2D eigenvalue weighted by atomic mass is 16.6. The molecule has 5 heteroatoms. The zero-order valence-electron chi connectivity index (χ0n) is 13.9. The van der Waals surface area contributed by atoms with Gasteiger partial charge in [0.25, 0.3) is 5.69 Å². The number of ether oxygens (including phenoxy) is 1. The van der Waals surface area contributed by atoms with Crippen molar-refractivity contribution in [3.05, 3.63) is 33.9 Å². The fourth-order valence-electron chi connectivity index (χ4n) is 3.88. The average molecular weight is 326 g/mol. The molecule has 0 radical (unpaired) electrons. The third-order valence-electron chi connectivity index (χ3n) is 5.51. The van der Waals surface area contributed by atoms with Crippen molar-refractivity contribution in [3.63, 3.8) is 0 Å². The SMILES string of the molecule is CN1C2CCC1CC(Oc1ccc([N+](=O)[O-])cc1C#CC1CC1)C2. The Bertz CT molecular complexity index is 703. The minimum atomic E-state index is -0.373. The number of nitro benzene ring substituents is 1. The molecular formula is C19H22N2O3. The summed E-state index contributed by atoms with van der Waals surface area (Å²) in [7, 11) is 2.21. The summed E-state index contributed by atoms with van der Waals surface area (Å²) < 4.78 is 6.25. The molecule has 1 aromatic rings. The lowest BCUT2D eigenvalue weighted by molar-refractivity contribution is -0.384. The van der Waals surface area contributed by atoms with Crippen LogP contribution in [0.5, 0.6) is 5.75 Å². The van der Waals surface area contributed by atoms with Crippen molar-refractivity contribution in [2.24, 2.45) is 5.92 Å². The molecule has 3 aliphatic rings. The molecule has 3 fully saturated rings. The summed E-state index contributed by atoms with van der Waals surface area (Å²) in [6, 6.07) is 5.99. The second-order valence-corrected chi connectivity index (χ2v) is 7.24. The Morgan fingerprint density at radius 2 is 1.92 bits per heavy atom. The van der Waals surface area contributed by atoms with Gasteiger partial charge in [0.2, 0.25) is 0 Å². The van der Waals surface area contributed by atoms with E-state index in [-0.39, 0.29) is 16.7 Å². The van der Waals surface area contributed by atoms with E-state index in [0.717, 1.165) is 25.7 Å². The molecule has 2 heterocycles. The highest BCUT2D eigenvalue weighted by Gasteiger charge is 2.39. The monoisotopic (exact) mass is 326 g/mol. The zero-order valence-corrected chi connectivity index (χ0v) is 13.9. The fraction of sp³-hybridized carbons (Fsp3) is 0.579. The summed E-state index contributed by atoms with van der Waals surface area (Å²) in [5, 5.41) is 11.0. The van der Waals surface area contributed by atoms with Crippen LogP contribution in [0.3, 0.4) is 0 Å². The molecule has 0 amide bonds. The Morgan fingerprint density at radius 3 is 2.54 bits per heavy atom. The molecule has 0 spiro atoms. The van der Waals surface area contributed by atoms with Gasteiger partial charge in [-0.1, -0.05) is 11.8 Å². The van der Waals surface area contributed by atoms with Crippen molar-refractivity contribution in [2.45, 2.75) is 56.7 Å². The summed E-state index contributed by atoms with van der Waals surface area (Å²) in [5.74, 6) is 7.46. The fourth-order valence-corrected chi connectivity index (χ4v) is 3.88. The van der Waals surface area contributed by atoms with Gasteiger partial charge in [-0.15, -0.1) is 0 Å². The smallest absolute Gasteiger partial charge is 0.270 e. The summed E-state index contributed by atoms with van der Waals surface area (Å²) in [5.41, 5.74) is 0.730. The van der Waals surface area contributed by atoms with E-state index in [1.807, 2.05) is 0 Å². The highest BCUT2D eigenvalue weighted by Crippen LogP contribution is 2.37. The first kappa shape index (κ1) is 15.5. The number of hydrogen-bond donors (Lipinski definition) is 0. The maximum Gasteiger partial charge on any atom is 0.270 e.